The van der Waals surface area contributed by atoms with Crippen LogP contribution in [0, 0.1) is 11.3 Å². The van der Waals surface area contributed by atoms with E-state index in [4.69, 9.17) is 0 Å². The van der Waals surface area contributed by atoms with Gasteiger partial charge in [0.25, 0.3) is 0 Å². The summed E-state index contributed by atoms with van der Waals surface area (Å²) >= 11 is 1.86. The number of aromatic nitrogens is 1. The first kappa shape index (κ1) is 16.0. The van der Waals surface area contributed by atoms with Crippen molar-refractivity contribution in [3.05, 3.63) is 16.1 Å². The molecule has 2 rings (SSSR count). The maximum Gasteiger partial charge on any atom is 0.0925 e. The van der Waals surface area contributed by atoms with Crippen LogP contribution in [0.5, 0.6) is 0 Å². The lowest BCUT2D eigenvalue weighted by Crippen LogP contribution is -2.36. The zero-order valence-corrected chi connectivity index (χ0v) is 14.4. The third-order valence-corrected chi connectivity index (χ3v) is 6.35. The molecule has 1 aliphatic rings. The highest BCUT2D eigenvalue weighted by Crippen LogP contribution is 2.40. The molecule has 1 fully saturated rings. The summed E-state index contributed by atoms with van der Waals surface area (Å²) in [5.41, 5.74) is 0.526. The predicted molar refractivity (Wildman–Crippen MR) is 88.1 cm³/mol. The molecule has 0 spiro atoms. The molecule has 3 heteroatoms. The highest BCUT2D eigenvalue weighted by Gasteiger charge is 2.31. The number of thiazole rings is 1. The van der Waals surface area contributed by atoms with Gasteiger partial charge in [-0.15, -0.1) is 11.3 Å². The van der Waals surface area contributed by atoms with Crippen LogP contribution in [0.4, 0.5) is 0 Å². The largest absolute Gasteiger partial charge is 0.309 e. The van der Waals surface area contributed by atoms with E-state index in [2.05, 4.69) is 38.0 Å². The van der Waals surface area contributed by atoms with Gasteiger partial charge in [0.2, 0.25) is 0 Å². The molecule has 2 nitrogen and oxygen atoms in total. The Kier molecular flexibility index (Phi) is 5.62. The molecule has 0 aromatic carbocycles. The summed E-state index contributed by atoms with van der Waals surface area (Å²) in [5.74, 6) is 0.917. The van der Waals surface area contributed by atoms with Crippen LogP contribution in [0.3, 0.4) is 0 Å². The zero-order valence-electron chi connectivity index (χ0n) is 13.5. The van der Waals surface area contributed by atoms with Crippen LogP contribution < -0.4 is 5.32 Å². The molecule has 1 N–H and O–H groups in total. The van der Waals surface area contributed by atoms with Crippen LogP contribution in [0.2, 0.25) is 0 Å². The van der Waals surface area contributed by atoms with Gasteiger partial charge in [0.05, 0.1) is 5.01 Å². The number of rotatable bonds is 6. The van der Waals surface area contributed by atoms with Crippen LogP contribution >= 0.6 is 11.3 Å². The van der Waals surface area contributed by atoms with Crippen molar-refractivity contribution in [3.63, 3.8) is 0 Å². The Labute approximate surface area is 128 Å². The number of nitrogens with one attached hydrogen (secondary N) is 1. The second-order valence-electron chi connectivity index (χ2n) is 6.85. The number of hydrogen-bond acceptors (Lipinski definition) is 3. The molecule has 0 saturated heterocycles. The fraction of sp³-hybridized carbons (Fsp3) is 0.824. The molecule has 20 heavy (non-hydrogen) atoms. The van der Waals surface area contributed by atoms with Gasteiger partial charge < -0.3 is 5.32 Å². The molecule has 0 radical (unpaired) electrons. The summed E-state index contributed by atoms with van der Waals surface area (Å²) in [4.78, 5) is 5.82. The van der Waals surface area contributed by atoms with Crippen LogP contribution in [0.15, 0.2) is 6.20 Å². The van der Waals surface area contributed by atoms with Crippen molar-refractivity contribution in [2.75, 3.05) is 0 Å². The minimum atomic E-state index is 0.526. The van der Waals surface area contributed by atoms with E-state index >= 15 is 0 Å². The average Bonchev–Trinajstić information content (AvgIpc) is 2.93. The molecular formula is C17H30N2S. The smallest absolute Gasteiger partial charge is 0.0925 e. The van der Waals surface area contributed by atoms with Crippen molar-refractivity contribution in [2.45, 2.75) is 78.8 Å². The summed E-state index contributed by atoms with van der Waals surface area (Å²) in [5, 5.41) is 5.00. The van der Waals surface area contributed by atoms with E-state index in [1.165, 1.54) is 42.0 Å². The molecule has 1 saturated carbocycles. The van der Waals surface area contributed by atoms with Gasteiger partial charge in [-0.2, -0.15) is 0 Å². The average molecular weight is 295 g/mol. The van der Waals surface area contributed by atoms with Gasteiger partial charge in [0, 0.05) is 23.7 Å². The molecular weight excluding hydrogens is 264 g/mol. The van der Waals surface area contributed by atoms with Crippen molar-refractivity contribution in [2.24, 2.45) is 11.3 Å². The molecule has 0 bridgehead atoms. The molecule has 0 atom stereocenters. The first-order valence-corrected chi connectivity index (χ1v) is 9.03. The Morgan fingerprint density at radius 3 is 2.50 bits per heavy atom. The van der Waals surface area contributed by atoms with E-state index in [-0.39, 0.29) is 0 Å². The van der Waals surface area contributed by atoms with Crippen LogP contribution in [0.25, 0.3) is 0 Å². The van der Waals surface area contributed by atoms with Crippen molar-refractivity contribution in [1.29, 1.82) is 0 Å². The fourth-order valence-corrected chi connectivity index (χ4v) is 4.02. The lowest BCUT2D eigenvalue weighted by Gasteiger charge is -2.39. The maximum atomic E-state index is 4.43. The molecule has 1 aromatic rings. The molecule has 0 aliphatic heterocycles. The fourth-order valence-electron chi connectivity index (χ4n) is 3.21. The second kappa shape index (κ2) is 7.04. The predicted octanol–water partition coefficient (Wildman–Crippen LogP) is 4.79. The van der Waals surface area contributed by atoms with Gasteiger partial charge in [0.1, 0.15) is 0 Å². The van der Waals surface area contributed by atoms with Gasteiger partial charge in [-0.05, 0) is 43.4 Å². The topological polar surface area (TPSA) is 24.9 Å². The third-order valence-electron chi connectivity index (χ3n) is 5.21. The Bertz CT molecular complexity index is 403. The van der Waals surface area contributed by atoms with E-state index in [0.29, 0.717) is 11.5 Å². The summed E-state index contributed by atoms with van der Waals surface area (Å²) in [6, 6.07) is 0.714. The first-order valence-electron chi connectivity index (χ1n) is 8.22. The summed E-state index contributed by atoms with van der Waals surface area (Å²) in [6.45, 7) is 10.4. The Hall–Kier alpha value is -0.410. The minimum absolute atomic E-state index is 0.526. The molecule has 0 unspecified atom stereocenters. The van der Waals surface area contributed by atoms with Gasteiger partial charge in [0.15, 0.2) is 0 Å². The number of aryl methyl sites for hydroxylation is 1. The van der Waals surface area contributed by atoms with Gasteiger partial charge in [-0.1, -0.05) is 34.1 Å². The summed E-state index contributed by atoms with van der Waals surface area (Å²) in [7, 11) is 0. The highest BCUT2D eigenvalue weighted by atomic mass is 32.1. The SMILES string of the molecule is CCc1ncc(CNC2CCC(C(C)(C)CC)CC2)s1. The zero-order chi connectivity index (χ0) is 14.6. The van der Waals surface area contributed by atoms with E-state index < -0.39 is 0 Å². The van der Waals surface area contributed by atoms with Gasteiger partial charge in [-0.3, -0.25) is 0 Å². The maximum absolute atomic E-state index is 4.43. The van der Waals surface area contributed by atoms with E-state index in [1.807, 2.05) is 17.5 Å². The molecule has 1 aromatic heterocycles. The van der Waals surface area contributed by atoms with E-state index in [1.54, 1.807) is 0 Å². The van der Waals surface area contributed by atoms with Gasteiger partial charge in [-0.25, -0.2) is 4.98 Å². The molecule has 114 valence electrons. The molecule has 1 heterocycles. The lowest BCUT2D eigenvalue weighted by molar-refractivity contribution is 0.137. The minimum Gasteiger partial charge on any atom is -0.309 e. The third kappa shape index (κ3) is 4.05. The van der Waals surface area contributed by atoms with Crippen LogP contribution in [0.1, 0.15) is 69.7 Å². The Morgan fingerprint density at radius 1 is 1.25 bits per heavy atom. The van der Waals surface area contributed by atoms with Crippen LogP contribution in [-0.4, -0.2) is 11.0 Å². The summed E-state index contributed by atoms with van der Waals surface area (Å²) < 4.78 is 0. The first-order chi connectivity index (χ1) is 9.55. The van der Waals surface area contributed by atoms with E-state index in [0.717, 1.165) is 18.9 Å². The van der Waals surface area contributed by atoms with Gasteiger partial charge >= 0.3 is 0 Å². The van der Waals surface area contributed by atoms with Crippen molar-refractivity contribution in [3.8, 4) is 0 Å². The summed E-state index contributed by atoms with van der Waals surface area (Å²) in [6.07, 6.45) is 9.87. The van der Waals surface area contributed by atoms with Crippen LogP contribution in [-0.2, 0) is 13.0 Å². The quantitative estimate of drug-likeness (QED) is 0.816. The van der Waals surface area contributed by atoms with Crippen molar-refractivity contribution < 1.29 is 0 Å². The number of hydrogen-bond donors (Lipinski definition) is 1. The Balaban J connectivity index is 1.74. The van der Waals surface area contributed by atoms with Crippen molar-refractivity contribution in [1.82, 2.24) is 10.3 Å². The molecule has 0 amide bonds. The number of nitrogens with zero attached hydrogens (tertiary/aromatic N) is 1. The lowest BCUT2D eigenvalue weighted by atomic mass is 9.69. The highest BCUT2D eigenvalue weighted by molar-refractivity contribution is 7.11. The molecule has 1 aliphatic carbocycles. The second-order valence-corrected chi connectivity index (χ2v) is 8.05. The normalized spacial score (nSPS) is 24.0. The monoisotopic (exact) mass is 294 g/mol. The van der Waals surface area contributed by atoms with E-state index in [9.17, 15) is 0 Å². The van der Waals surface area contributed by atoms with Crippen molar-refractivity contribution >= 4 is 11.3 Å². The standard InChI is InChI=1S/C17H30N2S/c1-5-16-19-12-15(20-16)11-18-14-9-7-13(8-10-14)17(3,4)6-2/h12-14,18H,5-11H2,1-4H3. The Morgan fingerprint density at radius 2 is 1.95 bits per heavy atom.